The zero-order valence-electron chi connectivity index (χ0n) is 8.60. The number of hydrogen-bond acceptors (Lipinski definition) is 5. The molecule has 13 heteroatoms. The summed E-state index contributed by atoms with van der Waals surface area (Å²) in [6.45, 7) is 10.0. The summed E-state index contributed by atoms with van der Waals surface area (Å²) in [5.41, 5.74) is 0. The van der Waals surface area contributed by atoms with Crippen LogP contribution in [0.1, 0.15) is 0 Å². The van der Waals surface area contributed by atoms with Gasteiger partial charge in [-0.25, -0.2) is 0 Å². The average molecular weight is 585 g/mol. The maximum absolute atomic E-state index is 8.00. The molecule has 0 atom stereocenters. The van der Waals surface area contributed by atoms with E-state index in [-0.39, 0.29) is 107 Å². The van der Waals surface area contributed by atoms with Gasteiger partial charge in [0.25, 0.3) is 0 Å². The van der Waals surface area contributed by atoms with E-state index in [1.165, 1.54) is 0 Å². The van der Waals surface area contributed by atoms with Gasteiger partial charge in [0.05, 0.1) is 0 Å². The second kappa shape index (κ2) is 4820. The largest absolute Gasteiger partial charge is 7.00 e. The molecule has 0 N–H and O–H groups in total. The summed E-state index contributed by atoms with van der Waals surface area (Å²) in [6.07, 6.45) is 0. The average Bonchev–Trinajstić information content (AvgIpc) is 2.20. The van der Waals surface area contributed by atoms with Crippen molar-refractivity contribution >= 4 is 33.9 Å². The number of carbonyl (C=O) groups excluding carboxylic acids is 5. The molecule has 0 spiro atoms. The molecule has 0 aliphatic carbocycles. The Bertz CT molecular complexity index is 43.8. The van der Waals surface area contributed by atoms with Gasteiger partial charge >= 0.3 is 20.4 Å². The molecule has 0 unspecified atom stereocenters. The van der Waals surface area contributed by atoms with Crippen LogP contribution in [-0.4, -0.2) is 33.9 Å². The van der Waals surface area contributed by atoms with Crippen molar-refractivity contribution < 1.29 is 131 Å². The maximum Gasteiger partial charge on any atom is 7.00 e. The van der Waals surface area contributed by atoms with Gasteiger partial charge in [-0.05, 0) is 0 Å². The van der Waals surface area contributed by atoms with Gasteiger partial charge in [0.15, 0.2) is 0 Å². The van der Waals surface area contributed by atoms with Crippen molar-refractivity contribution in [2.75, 3.05) is 0 Å². The second-order valence-corrected chi connectivity index (χ2v) is 0. The molecule has 18 heavy (non-hydrogen) atoms. The first-order valence-electron chi connectivity index (χ1n) is 1.44. The van der Waals surface area contributed by atoms with Crippen LogP contribution >= 0.6 is 0 Å². The maximum atomic E-state index is 8.00. The smallest absolute Gasteiger partial charge is 1.00 e. The molecule has 0 rings (SSSR count). The third-order valence-corrected chi connectivity index (χ3v) is 0. The minimum atomic E-state index is 0. The van der Waals surface area contributed by atoms with Crippen molar-refractivity contribution in [2.24, 2.45) is 0 Å². The molecule has 0 amide bonds. The van der Waals surface area contributed by atoms with Gasteiger partial charge in [-0.1, -0.05) is 0 Å². The minimum Gasteiger partial charge on any atom is -1.00 e. The SMILES string of the molecule is C=O.C=O.C=O.C=O.C=O.[Cl-].[Cl-].[Cl-].[Cl-].[Cl-].[Cl-].[Cl-].[Re+7]. The van der Waals surface area contributed by atoms with Crippen LogP contribution < -0.4 is 86.8 Å². The fraction of sp³-hybridized carbons (Fsp3) is 0. The van der Waals surface area contributed by atoms with Gasteiger partial charge in [0.2, 0.25) is 0 Å². The predicted molar refractivity (Wildman–Crippen MR) is 35.6 cm³/mol. The number of carbonyl (C=O) groups is 5. The third kappa shape index (κ3) is 4040. The van der Waals surface area contributed by atoms with E-state index in [0.717, 1.165) is 0 Å². The molecule has 0 saturated heterocycles. The summed E-state index contributed by atoms with van der Waals surface area (Å²) in [7, 11) is 0. The van der Waals surface area contributed by atoms with Crippen LogP contribution in [0.15, 0.2) is 0 Å². The molecule has 0 bridgehead atoms. The van der Waals surface area contributed by atoms with Gasteiger partial charge in [0.1, 0.15) is 33.9 Å². The molecule has 0 heterocycles. The van der Waals surface area contributed by atoms with E-state index >= 15 is 0 Å². The van der Waals surface area contributed by atoms with Gasteiger partial charge in [-0.15, -0.1) is 0 Å². The molecule has 0 aromatic heterocycles. The Morgan fingerprint density at radius 1 is 0.278 bits per heavy atom. The Morgan fingerprint density at radius 2 is 0.278 bits per heavy atom. The first kappa shape index (κ1) is 170. The molecule has 0 aliphatic rings. The summed E-state index contributed by atoms with van der Waals surface area (Å²) in [6, 6.07) is 0. The summed E-state index contributed by atoms with van der Waals surface area (Å²) < 4.78 is 0. The van der Waals surface area contributed by atoms with Crippen LogP contribution in [0, 0.1) is 0 Å². The van der Waals surface area contributed by atoms with E-state index < -0.39 is 0 Å². The molecule has 0 aromatic rings. The Labute approximate surface area is 164 Å². The Hall–Kier alpha value is 1.04. The van der Waals surface area contributed by atoms with Crippen molar-refractivity contribution in [3.63, 3.8) is 0 Å². The van der Waals surface area contributed by atoms with Gasteiger partial charge in [-0.2, -0.15) is 0 Å². The number of halogens is 7. The first-order valence-corrected chi connectivity index (χ1v) is 1.44. The zero-order chi connectivity index (χ0) is 10.0. The van der Waals surface area contributed by atoms with Crippen molar-refractivity contribution in [2.45, 2.75) is 0 Å². The van der Waals surface area contributed by atoms with E-state index in [2.05, 4.69) is 0 Å². The monoisotopic (exact) mass is 582 g/mol. The van der Waals surface area contributed by atoms with Crippen LogP contribution in [0.5, 0.6) is 0 Å². The molecule has 0 aromatic carbocycles. The van der Waals surface area contributed by atoms with Crippen LogP contribution in [0.4, 0.5) is 0 Å². The normalized spacial score (nSPS) is 1.11. The topological polar surface area (TPSA) is 85.3 Å². The summed E-state index contributed by atoms with van der Waals surface area (Å²) in [4.78, 5) is 40.0. The molecule has 116 valence electrons. The fourth-order valence-corrected chi connectivity index (χ4v) is 0. The number of rotatable bonds is 0. The summed E-state index contributed by atoms with van der Waals surface area (Å²) in [5, 5.41) is 0. The molecule has 0 fully saturated rings. The van der Waals surface area contributed by atoms with Gasteiger partial charge < -0.3 is 111 Å². The Morgan fingerprint density at radius 3 is 0.278 bits per heavy atom. The molecular formula is C5H10Cl7O5Re. The van der Waals surface area contributed by atoms with Crippen molar-refractivity contribution in [3.05, 3.63) is 0 Å². The minimum absolute atomic E-state index is 0. The Balaban J connectivity index is -0.00000000142. The van der Waals surface area contributed by atoms with Crippen molar-refractivity contribution in [1.82, 2.24) is 0 Å². The summed E-state index contributed by atoms with van der Waals surface area (Å²) >= 11 is 0. The van der Waals surface area contributed by atoms with E-state index in [4.69, 9.17) is 24.0 Å². The van der Waals surface area contributed by atoms with E-state index in [1.807, 2.05) is 33.9 Å². The molecule has 0 saturated carbocycles. The van der Waals surface area contributed by atoms with E-state index in [1.54, 1.807) is 0 Å². The molecular weight excluding hydrogens is 574 g/mol. The summed E-state index contributed by atoms with van der Waals surface area (Å²) in [5.74, 6) is 0. The predicted octanol–water partition coefficient (Wildman–Crippen LogP) is -21.9. The quantitative estimate of drug-likeness (QED) is 0.283. The third-order valence-electron chi connectivity index (χ3n) is 0. The fourth-order valence-electron chi connectivity index (χ4n) is 0. The van der Waals surface area contributed by atoms with Gasteiger partial charge in [-0.3, -0.25) is 0 Å². The van der Waals surface area contributed by atoms with Crippen LogP contribution in [0.3, 0.4) is 0 Å². The molecule has 5 nitrogen and oxygen atoms in total. The van der Waals surface area contributed by atoms with Crippen LogP contribution in [0.25, 0.3) is 0 Å². The number of hydrogen-bond donors (Lipinski definition) is 0. The van der Waals surface area contributed by atoms with Crippen LogP contribution in [0.2, 0.25) is 0 Å². The van der Waals surface area contributed by atoms with E-state index in [0.29, 0.717) is 0 Å². The zero-order valence-corrected chi connectivity index (χ0v) is 16.6. The van der Waals surface area contributed by atoms with E-state index in [9.17, 15) is 0 Å². The first-order chi connectivity index (χ1) is 5.00. The van der Waals surface area contributed by atoms with Crippen molar-refractivity contribution in [1.29, 1.82) is 0 Å². The van der Waals surface area contributed by atoms with Gasteiger partial charge in [0, 0.05) is 0 Å². The standard InChI is InChI=1S/5CH2O.7ClH.Re/c5*1-2;;;;;;;;/h5*1H2;7*1H;/q;;;;;;;;;;;;+7/p-7. The molecule has 0 aliphatic heterocycles. The van der Waals surface area contributed by atoms with Crippen molar-refractivity contribution in [3.8, 4) is 0 Å². The molecule has 0 radical (unpaired) electrons. The Kier molecular flexibility index (Phi) is 45500. The second-order valence-electron chi connectivity index (χ2n) is 0. The van der Waals surface area contributed by atoms with Crippen LogP contribution in [-0.2, 0) is 44.4 Å².